The second-order valence-electron chi connectivity index (χ2n) is 4.61. The van der Waals surface area contributed by atoms with E-state index in [4.69, 9.17) is 5.53 Å². The second kappa shape index (κ2) is 5.87. The van der Waals surface area contributed by atoms with E-state index < -0.39 is 10.0 Å². The third-order valence-electron chi connectivity index (χ3n) is 2.93. The first-order valence-corrected chi connectivity index (χ1v) is 7.66. The lowest BCUT2D eigenvalue weighted by atomic mass is 10.1. The van der Waals surface area contributed by atoms with Crippen molar-refractivity contribution in [3.63, 3.8) is 0 Å². The van der Waals surface area contributed by atoms with Gasteiger partial charge in [-0.15, -0.1) is 0 Å². The van der Waals surface area contributed by atoms with Gasteiger partial charge in [-0.2, -0.15) is 0 Å². The molecule has 0 unspecified atom stereocenters. The van der Waals surface area contributed by atoms with Crippen LogP contribution >= 0.6 is 0 Å². The number of hydrogen-bond acceptors (Lipinski definition) is 3. The van der Waals surface area contributed by atoms with Crippen LogP contribution in [0.1, 0.15) is 11.1 Å². The van der Waals surface area contributed by atoms with Crippen molar-refractivity contribution in [2.75, 3.05) is 4.72 Å². The summed E-state index contributed by atoms with van der Waals surface area (Å²) in [6, 6.07) is 11.2. The summed E-state index contributed by atoms with van der Waals surface area (Å²) in [5, 5.41) is 3.40. The molecule has 0 saturated carbocycles. The van der Waals surface area contributed by atoms with E-state index in [0.29, 0.717) is 11.4 Å². The molecule has 108 valence electrons. The number of hydrogen-bond donors (Lipinski definition) is 1. The van der Waals surface area contributed by atoms with Crippen LogP contribution in [0.3, 0.4) is 0 Å². The molecule has 0 saturated heterocycles. The van der Waals surface area contributed by atoms with Crippen LogP contribution in [-0.2, 0) is 10.0 Å². The number of rotatable bonds is 4. The number of sulfonamides is 1. The maximum Gasteiger partial charge on any atom is 0.261 e. The van der Waals surface area contributed by atoms with E-state index in [1.54, 1.807) is 6.07 Å². The molecule has 1 N–H and O–H groups in total. The number of aryl methyl sites for hydroxylation is 2. The first-order chi connectivity index (χ1) is 9.92. The molecule has 21 heavy (non-hydrogen) atoms. The number of anilines is 1. The highest BCUT2D eigenvalue weighted by Crippen LogP contribution is 2.22. The number of azide groups is 1. The van der Waals surface area contributed by atoms with Gasteiger partial charge in [-0.25, -0.2) is 8.42 Å². The Kier molecular flexibility index (Phi) is 4.16. The van der Waals surface area contributed by atoms with E-state index >= 15 is 0 Å². The number of benzene rings is 2. The quantitative estimate of drug-likeness (QED) is 0.524. The standard InChI is InChI=1S/C14H14N4O2S/c1-10-3-8-14(11(2)9-10)17-21(19,20)13-6-4-12(5-7-13)16-18-15/h3-9,17H,1-2H3. The Labute approximate surface area is 123 Å². The zero-order valence-corrected chi connectivity index (χ0v) is 12.4. The highest BCUT2D eigenvalue weighted by molar-refractivity contribution is 7.92. The predicted octanol–water partition coefficient (Wildman–Crippen LogP) is 4.05. The molecule has 2 aromatic rings. The average Bonchev–Trinajstić information content (AvgIpc) is 2.43. The minimum atomic E-state index is -3.67. The highest BCUT2D eigenvalue weighted by atomic mass is 32.2. The lowest BCUT2D eigenvalue weighted by Gasteiger charge is -2.11. The SMILES string of the molecule is Cc1ccc(NS(=O)(=O)c2ccc(N=[N+]=[N-])cc2)c(C)c1. The summed E-state index contributed by atoms with van der Waals surface area (Å²) in [6.45, 7) is 3.79. The van der Waals surface area contributed by atoms with E-state index in [9.17, 15) is 8.42 Å². The maximum absolute atomic E-state index is 12.3. The van der Waals surface area contributed by atoms with Gasteiger partial charge in [-0.05, 0) is 43.1 Å². The smallest absolute Gasteiger partial charge is 0.261 e. The summed E-state index contributed by atoms with van der Waals surface area (Å²) in [6.07, 6.45) is 0. The van der Waals surface area contributed by atoms with Gasteiger partial charge in [0.25, 0.3) is 10.0 Å². The fraction of sp³-hybridized carbons (Fsp3) is 0.143. The number of nitrogens with zero attached hydrogens (tertiary/aromatic N) is 3. The summed E-state index contributed by atoms with van der Waals surface area (Å²) in [5.41, 5.74) is 11.1. The average molecular weight is 302 g/mol. The minimum Gasteiger partial charge on any atom is -0.279 e. The third kappa shape index (κ3) is 3.53. The van der Waals surface area contributed by atoms with Gasteiger partial charge in [0.2, 0.25) is 0 Å². The second-order valence-corrected chi connectivity index (χ2v) is 6.29. The topological polar surface area (TPSA) is 94.9 Å². The van der Waals surface area contributed by atoms with Gasteiger partial charge in [0.1, 0.15) is 0 Å². The van der Waals surface area contributed by atoms with Crippen molar-refractivity contribution in [1.82, 2.24) is 0 Å². The van der Waals surface area contributed by atoms with Crippen LogP contribution in [0, 0.1) is 13.8 Å². The van der Waals surface area contributed by atoms with E-state index in [0.717, 1.165) is 11.1 Å². The third-order valence-corrected chi connectivity index (χ3v) is 4.31. The molecule has 0 spiro atoms. The molecule has 0 radical (unpaired) electrons. The summed E-state index contributed by atoms with van der Waals surface area (Å²) in [4.78, 5) is 2.76. The van der Waals surface area contributed by atoms with Crippen LogP contribution < -0.4 is 4.72 Å². The molecular formula is C14H14N4O2S. The zero-order valence-electron chi connectivity index (χ0n) is 11.6. The van der Waals surface area contributed by atoms with Gasteiger partial charge in [-0.3, -0.25) is 4.72 Å². The van der Waals surface area contributed by atoms with Crippen LogP contribution in [0.25, 0.3) is 10.4 Å². The van der Waals surface area contributed by atoms with Gasteiger partial charge in [0.15, 0.2) is 0 Å². The largest absolute Gasteiger partial charge is 0.279 e. The molecule has 0 aliphatic carbocycles. The van der Waals surface area contributed by atoms with E-state index in [1.165, 1.54) is 24.3 Å². The molecule has 0 aliphatic rings. The van der Waals surface area contributed by atoms with Crippen LogP contribution in [0.15, 0.2) is 52.5 Å². The lowest BCUT2D eigenvalue weighted by molar-refractivity contribution is 0.601. The van der Waals surface area contributed by atoms with Gasteiger partial charge < -0.3 is 0 Å². The van der Waals surface area contributed by atoms with Crippen molar-refractivity contribution in [3.8, 4) is 0 Å². The van der Waals surface area contributed by atoms with Crippen molar-refractivity contribution < 1.29 is 8.42 Å². The molecule has 0 aromatic heterocycles. The van der Waals surface area contributed by atoms with Gasteiger partial charge >= 0.3 is 0 Å². The van der Waals surface area contributed by atoms with Crippen molar-refractivity contribution in [2.45, 2.75) is 18.7 Å². The van der Waals surface area contributed by atoms with Crippen molar-refractivity contribution in [2.24, 2.45) is 5.11 Å². The molecular weight excluding hydrogens is 288 g/mol. The fourth-order valence-electron chi connectivity index (χ4n) is 1.88. The molecule has 2 rings (SSSR count). The van der Waals surface area contributed by atoms with Crippen LogP contribution in [-0.4, -0.2) is 8.42 Å². The highest BCUT2D eigenvalue weighted by Gasteiger charge is 2.14. The van der Waals surface area contributed by atoms with Crippen LogP contribution in [0.2, 0.25) is 0 Å². The Morgan fingerprint density at radius 1 is 1.10 bits per heavy atom. The molecule has 0 aliphatic heterocycles. The Morgan fingerprint density at radius 2 is 1.76 bits per heavy atom. The Morgan fingerprint density at radius 3 is 2.33 bits per heavy atom. The van der Waals surface area contributed by atoms with E-state index in [1.807, 2.05) is 26.0 Å². The maximum atomic E-state index is 12.3. The first kappa shape index (κ1) is 14.9. The fourth-order valence-corrected chi connectivity index (χ4v) is 3.01. The first-order valence-electron chi connectivity index (χ1n) is 6.17. The van der Waals surface area contributed by atoms with Crippen LogP contribution in [0.4, 0.5) is 11.4 Å². The summed E-state index contributed by atoms with van der Waals surface area (Å²) < 4.78 is 27.1. The van der Waals surface area contributed by atoms with Crippen molar-refractivity contribution in [3.05, 3.63) is 64.0 Å². The Bertz CT molecular complexity index is 807. The summed E-state index contributed by atoms with van der Waals surface area (Å²) in [7, 11) is -3.67. The molecule has 6 nitrogen and oxygen atoms in total. The summed E-state index contributed by atoms with van der Waals surface area (Å²) in [5.74, 6) is 0. The molecule has 0 atom stereocenters. The minimum absolute atomic E-state index is 0.111. The monoisotopic (exact) mass is 302 g/mol. The number of nitrogens with one attached hydrogen (secondary N) is 1. The van der Waals surface area contributed by atoms with Gasteiger partial charge in [0.05, 0.1) is 10.6 Å². The summed E-state index contributed by atoms with van der Waals surface area (Å²) >= 11 is 0. The van der Waals surface area contributed by atoms with Gasteiger partial charge in [0, 0.05) is 10.6 Å². The van der Waals surface area contributed by atoms with Gasteiger partial charge in [-0.1, -0.05) is 34.9 Å². The van der Waals surface area contributed by atoms with Crippen molar-refractivity contribution in [1.29, 1.82) is 0 Å². The predicted molar refractivity (Wildman–Crippen MR) is 82.0 cm³/mol. The van der Waals surface area contributed by atoms with E-state index in [-0.39, 0.29) is 4.90 Å². The zero-order chi connectivity index (χ0) is 15.5. The molecule has 7 heteroatoms. The Balaban J connectivity index is 2.31. The van der Waals surface area contributed by atoms with Crippen LogP contribution in [0.5, 0.6) is 0 Å². The molecule has 0 bridgehead atoms. The molecule has 0 heterocycles. The normalized spacial score (nSPS) is 10.8. The molecule has 2 aromatic carbocycles. The molecule has 0 amide bonds. The molecule has 0 fully saturated rings. The van der Waals surface area contributed by atoms with E-state index in [2.05, 4.69) is 14.7 Å². The lowest BCUT2D eigenvalue weighted by Crippen LogP contribution is -2.13. The van der Waals surface area contributed by atoms with Crippen molar-refractivity contribution >= 4 is 21.4 Å². The Hall–Kier alpha value is -2.50.